The minimum atomic E-state index is -0.793. The van der Waals surface area contributed by atoms with E-state index in [0.717, 1.165) is 29.9 Å². The zero-order valence-corrected chi connectivity index (χ0v) is 14.5. The van der Waals surface area contributed by atoms with Gasteiger partial charge in [0, 0.05) is 39.3 Å². The number of ether oxygens (including phenoxy) is 1. The molecule has 128 valence electrons. The molecule has 1 aliphatic heterocycles. The van der Waals surface area contributed by atoms with Crippen LogP contribution in [0.1, 0.15) is 12.5 Å². The standard InChI is InChI=1S/C18H24N4O2/c1-18(17(23)21(2)3)13-22(9-10-24-18)12-15-11-19-20-16(15)14-7-5-4-6-8-14/h4-8,11H,9-10,12-13H2,1-3H3,(H,19,20). The predicted molar refractivity (Wildman–Crippen MR) is 92.4 cm³/mol. The van der Waals surface area contributed by atoms with Crippen molar-refractivity contribution in [2.45, 2.75) is 19.1 Å². The molecule has 2 heterocycles. The summed E-state index contributed by atoms with van der Waals surface area (Å²) in [6, 6.07) is 10.2. The first-order chi connectivity index (χ1) is 11.5. The number of nitrogens with zero attached hydrogens (tertiary/aromatic N) is 3. The van der Waals surface area contributed by atoms with Crippen LogP contribution in [-0.2, 0) is 16.1 Å². The molecular formula is C18H24N4O2. The van der Waals surface area contributed by atoms with Crippen LogP contribution in [0.3, 0.4) is 0 Å². The van der Waals surface area contributed by atoms with Crippen molar-refractivity contribution in [3.05, 3.63) is 42.1 Å². The molecule has 0 spiro atoms. The Morgan fingerprint density at radius 2 is 2.12 bits per heavy atom. The fraction of sp³-hybridized carbons (Fsp3) is 0.444. The lowest BCUT2D eigenvalue weighted by Gasteiger charge is -2.40. The van der Waals surface area contributed by atoms with Crippen molar-refractivity contribution < 1.29 is 9.53 Å². The zero-order chi connectivity index (χ0) is 17.2. The van der Waals surface area contributed by atoms with E-state index in [0.29, 0.717) is 13.2 Å². The molecule has 1 saturated heterocycles. The number of morpholine rings is 1. The van der Waals surface area contributed by atoms with Crippen molar-refractivity contribution in [1.82, 2.24) is 20.0 Å². The number of nitrogens with one attached hydrogen (secondary N) is 1. The topological polar surface area (TPSA) is 61.5 Å². The van der Waals surface area contributed by atoms with Crippen LogP contribution in [0.2, 0.25) is 0 Å². The van der Waals surface area contributed by atoms with Crippen molar-refractivity contribution >= 4 is 5.91 Å². The number of hydrogen-bond acceptors (Lipinski definition) is 4. The Balaban J connectivity index is 1.76. The van der Waals surface area contributed by atoms with Crippen LogP contribution >= 0.6 is 0 Å². The molecule has 1 aromatic carbocycles. The third kappa shape index (κ3) is 3.34. The van der Waals surface area contributed by atoms with Crippen LogP contribution in [0, 0.1) is 0 Å². The molecule has 0 aliphatic carbocycles. The average Bonchev–Trinajstić information content (AvgIpc) is 3.03. The summed E-state index contributed by atoms with van der Waals surface area (Å²) >= 11 is 0. The van der Waals surface area contributed by atoms with E-state index in [1.54, 1.807) is 19.0 Å². The molecule has 1 atom stereocenters. The highest BCUT2D eigenvalue weighted by atomic mass is 16.5. The summed E-state index contributed by atoms with van der Waals surface area (Å²) in [7, 11) is 3.53. The fourth-order valence-corrected chi connectivity index (χ4v) is 3.22. The summed E-state index contributed by atoms with van der Waals surface area (Å²) < 4.78 is 5.80. The monoisotopic (exact) mass is 328 g/mol. The number of likely N-dealkylation sites (N-methyl/N-ethyl adjacent to an activating group) is 1. The van der Waals surface area contributed by atoms with Crippen LogP contribution in [0.5, 0.6) is 0 Å². The summed E-state index contributed by atoms with van der Waals surface area (Å²) in [6.07, 6.45) is 1.86. The van der Waals surface area contributed by atoms with Gasteiger partial charge in [0.15, 0.2) is 5.60 Å². The highest BCUT2D eigenvalue weighted by Crippen LogP contribution is 2.25. The third-order valence-electron chi connectivity index (χ3n) is 4.39. The minimum Gasteiger partial charge on any atom is -0.363 e. The van der Waals surface area contributed by atoms with E-state index in [-0.39, 0.29) is 5.91 Å². The third-order valence-corrected chi connectivity index (χ3v) is 4.39. The van der Waals surface area contributed by atoms with E-state index in [1.165, 1.54) is 0 Å². The predicted octanol–water partition coefficient (Wildman–Crippen LogP) is 1.76. The molecule has 2 aromatic rings. The van der Waals surface area contributed by atoms with Gasteiger partial charge in [0.05, 0.1) is 18.5 Å². The molecule has 0 bridgehead atoms. The lowest BCUT2D eigenvalue weighted by molar-refractivity contribution is -0.165. The average molecular weight is 328 g/mol. The fourth-order valence-electron chi connectivity index (χ4n) is 3.22. The Morgan fingerprint density at radius 1 is 1.38 bits per heavy atom. The van der Waals surface area contributed by atoms with Crippen LogP contribution in [0.15, 0.2) is 36.5 Å². The Hall–Kier alpha value is -2.18. The molecule has 1 amide bonds. The molecule has 1 N–H and O–H groups in total. The molecule has 1 unspecified atom stereocenters. The number of aromatic nitrogens is 2. The Morgan fingerprint density at radius 3 is 2.83 bits per heavy atom. The van der Waals surface area contributed by atoms with Gasteiger partial charge in [-0.25, -0.2) is 0 Å². The maximum Gasteiger partial charge on any atom is 0.255 e. The lowest BCUT2D eigenvalue weighted by atomic mass is 10.0. The number of carbonyl (C=O) groups is 1. The highest BCUT2D eigenvalue weighted by Gasteiger charge is 2.40. The van der Waals surface area contributed by atoms with E-state index in [4.69, 9.17) is 4.74 Å². The van der Waals surface area contributed by atoms with Crippen LogP contribution in [0.4, 0.5) is 0 Å². The number of carbonyl (C=O) groups excluding carboxylic acids is 1. The van der Waals surface area contributed by atoms with Gasteiger partial charge < -0.3 is 9.64 Å². The minimum absolute atomic E-state index is 0.00248. The summed E-state index contributed by atoms with van der Waals surface area (Å²) in [5.41, 5.74) is 2.48. The summed E-state index contributed by atoms with van der Waals surface area (Å²) in [6.45, 7) is 4.53. The van der Waals surface area contributed by atoms with Gasteiger partial charge >= 0.3 is 0 Å². The molecule has 6 heteroatoms. The molecule has 0 radical (unpaired) electrons. The van der Waals surface area contributed by atoms with Crippen molar-refractivity contribution in [3.63, 3.8) is 0 Å². The number of H-pyrrole nitrogens is 1. The van der Waals surface area contributed by atoms with Crippen molar-refractivity contribution in [2.24, 2.45) is 0 Å². The highest BCUT2D eigenvalue weighted by molar-refractivity contribution is 5.84. The maximum atomic E-state index is 12.4. The molecule has 1 aliphatic rings. The summed E-state index contributed by atoms with van der Waals surface area (Å²) in [4.78, 5) is 16.3. The molecule has 6 nitrogen and oxygen atoms in total. The van der Waals surface area contributed by atoms with E-state index >= 15 is 0 Å². The Labute approximate surface area is 142 Å². The SMILES string of the molecule is CN(C)C(=O)C1(C)CN(Cc2cn[nH]c2-c2ccccc2)CCO1. The second-order valence-corrected chi connectivity index (χ2v) is 6.63. The van der Waals surface area contributed by atoms with Gasteiger partial charge in [0.1, 0.15) is 0 Å². The van der Waals surface area contributed by atoms with Gasteiger partial charge in [-0.05, 0) is 12.5 Å². The van der Waals surface area contributed by atoms with Crippen molar-refractivity contribution in [2.75, 3.05) is 33.8 Å². The van der Waals surface area contributed by atoms with Crippen LogP contribution in [-0.4, -0.2) is 65.3 Å². The van der Waals surface area contributed by atoms with E-state index in [1.807, 2.05) is 31.3 Å². The number of benzene rings is 1. The van der Waals surface area contributed by atoms with Crippen LogP contribution < -0.4 is 0 Å². The van der Waals surface area contributed by atoms with Crippen LogP contribution in [0.25, 0.3) is 11.3 Å². The first-order valence-corrected chi connectivity index (χ1v) is 8.15. The summed E-state index contributed by atoms with van der Waals surface area (Å²) in [5.74, 6) is 0.00248. The molecular weight excluding hydrogens is 304 g/mol. The summed E-state index contributed by atoms with van der Waals surface area (Å²) in [5, 5.41) is 7.30. The first-order valence-electron chi connectivity index (χ1n) is 8.15. The molecule has 1 aromatic heterocycles. The van der Waals surface area contributed by atoms with E-state index in [2.05, 4.69) is 27.2 Å². The number of aromatic amines is 1. The van der Waals surface area contributed by atoms with Crippen molar-refractivity contribution in [3.8, 4) is 11.3 Å². The van der Waals surface area contributed by atoms with Gasteiger partial charge in [-0.3, -0.25) is 14.8 Å². The number of hydrogen-bond donors (Lipinski definition) is 1. The molecule has 3 rings (SSSR count). The Kier molecular flexibility index (Phi) is 4.69. The van der Waals surface area contributed by atoms with Gasteiger partial charge in [-0.1, -0.05) is 30.3 Å². The largest absolute Gasteiger partial charge is 0.363 e. The molecule has 24 heavy (non-hydrogen) atoms. The maximum absolute atomic E-state index is 12.4. The normalized spacial score (nSPS) is 21.6. The van der Waals surface area contributed by atoms with Gasteiger partial charge in [-0.15, -0.1) is 0 Å². The van der Waals surface area contributed by atoms with Gasteiger partial charge in [-0.2, -0.15) is 5.10 Å². The second kappa shape index (κ2) is 6.75. The zero-order valence-electron chi connectivity index (χ0n) is 14.5. The first kappa shape index (κ1) is 16.7. The van der Waals surface area contributed by atoms with E-state index < -0.39 is 5.60 Å². The smallest absolute Gasteiger partial charge is 0.255 e. The number of amides is 1. The second-order valence-electron chi connectivity index (χ2n) is 6.63. The number of rotatable bonds is 4. The van der Waals surface area contributed by atoms with Crippen molar-refractivity contribution in [1.29, 1.82) is 0 Å². The molecule has 0 saturated carbocycles. The van der Waals surface area contributed by atoms with Gasteiger partial charge in [0.2, 0.25) is 0 Å². The molecule has 1 fully saturated rings. The Bertz CT molecular complexity index is 698. The van der Waals surface area contributed by atoms with Gasteiger partial charge in [0.25, 0.3) is 5.91 Å². The quantitative estimate of drug-likeness (QED) is 0.929. The van der Waals surface area contributed by atoms with E-state index in [9.17, 15) is 4.79 Å². The lowest BCUT2D eigenvalue weighted by Crippen LogP contribution is -2.57.